The molecule has 5 heteroatoms. The molecule has 2 rings (SSSR count). The van der Waals surface area contributed by atoms with Crippen LogP contribution in [0.2, 0.25) is 0 Å². The summed E-state index contributed by atoms with van der Waals surface area (Å²) in [6.45, 7) is 3.36. The second-order valence-corrected chi connectivity index (χ2v) is 5.01. The minimum atomic E-state index is 0.421. The van der Waals surface area contributed by atoms with Gasteiger partial charge in [0.05, 0.1) is 17.3 Å². The van der Waals surface area contributed by atoms with Gasteiger partial charge in [-0.2, -0.15) is 0 Å². The van der Waals surface area contributed by atoms with Gasteiger partial charge < -0.3 is 14.8 Å². The Labute approximate surface area is 127 Å². The van der Waals surface area contributed by atoms with E-state index in [0.717, 1.165) is 33.9 Å². The van der Waals surface area contributed by atoms with Gasteiger partial charge in [-0.05, 0) is 53.2 Å². The van der Waals surface area contributed by atoms with Crippen molar-refractivity contribution in [2.45, 2.75) is 13.5 Å². The van der Waals surface area contributed by atoms with E-state index in [9.17, 15) is 0 Å². The van der Waals surface area contributed by atoms with Gasteiger partial charge in [-0.3, -0.25) is 4.98 Å². The Hall–Kier alpha value is -1.75. The van der Waals surface area contributed by atoms with Crippen molar-refractivity contribution >= 4 is 21.6 Å². The molecule has 0 bridgehead atoms. The van der Waals surface area contributed by atoms with E-state index >= 15 is 0 Å². The molecule has 0 aliphatic heterocycles. The maximum absolute atomic E-state index is 5.76. The molecule has 4 nitrogen and oxygen atoms in total. The normalized spacial score (nSPS) is 10.2. The van der Waals surface area contributed by atoms with Gasteiger partial charge in [0.25, 0.3) is 0 Å². The average molecular weight is 337 g/mol. The fraction of sp³-hybridized carbons (Fsp3) is 0.267. The van der Waals surface area contributed by atoms with Crippen LogP contribution in [0.15, 0.2) is 41.0 Å². The summed E-state index contributed by atoms with van der Waals surface area (Å²) in [5.41, 5.74) is 1.93. The van der Waals surface area contributed by atoms with Crippen LogP contribution in [-0.4, -0.2) is 18.6 Å². The SMILES string of the molecule is CCNc1ccnc(COc2ccc(OC)cc2Br)c1. The Balaban J connectivity index is 2.03. The van der Waals surface area contributed by atoms with Gasteiger partial charge in [-0.1, -0.05) is 0 Å². The van der Waals surface area contributed by atoms with Crippen molar-refractivity contribution < 1.29 is 9.47 Å². The lowest BCUT2D eigenvalue weighted by atomic mass is 10.3. The third-order valence-corrected chi connectivity index (χ3v) is 3.33. The Bertz CT molecular complexity index is 576. The van der Waals surface area contributed by atoms with E-state index in [1.165, 1.54) is 0 Å². The summed E-state index contributed by atoms with van der Waals surface area (Å²) in [5, 5.41) is 3.25. The van der Waals surface area contributed by atoms with Gasteiger partial charge in [0.2, 0.25) is 0 Å². The average Bonchev–Trinajstić information content (AvgIpc) is 2.46. The van der Waals surface area contributed by atoms with Crippen LogP contribution >= 0.6 is 15.9 Å². The molecule has 0 unspecified atom stereocenters. The summed E-state index contributed by atoms with van der Waals surface area (Å²) < 4.78 is 11.8. The van der Waals surface area contributed by atoms with Gasteiger partial charge in [0, 0.05) is 18.4 Å². The second-order valence-electron chi connectivity index (χ2n) is 4.15. The van der Waals surface area contributed by atoms with Crippen molar-refractivity contribution in [1.29, 1.82) is 0 Å². The number of nitrogens with zero attached hydrogens (tertiary/aromatic N) is 1. The summed E-state index contributed by atoms with van der Waals surface area (Å²) in [4.78, 5) is 4.30. The third kappa shape index (κ3) is 3.87. The number of methoxy groups -OCH3 is 1. The van der Waals surface area contributed by atoms with E-state index < -0.39 is 0 Å². The fourth-order valence-corrected chi connectivity index (χ4v) is 2.22. The fourth-order valence-electron chi connectivity index (χ4n) is 1.75. The van der Waals surface area contributed by atoms with Gasteiger partial charge in [0.1, 0.15) is 18.1 Å². The van der Waals surface area contributed by atoms with Crippen LogP contribution in [0.5, 0.6) is 11.5 Å². The van der Waals surface area contributed by atoms with Crippen LogP contribution < -0.4 is 14.8 Å². The first-order valence-electron chi connectivity index (χ1n) is 6.38. The molecule has 2 aromatic rings. The number of halogens is 1. The first-order valence-corrected chi connectivity index (χ1v) is 7.17. The quantitative estimate of drug-likeness (QED) is 0.869. The molecular weight excluding hydrogens is 320 g/mol. The summed E-state index contributed by atoms with van der Waals surface area (Å²) >= 11 is 3.46. The molecule has 106 valence electrons. The standard InChI is InChI=1S/C15H17BrN2O2/c1-3-17-11-6-7-18-12(8-11)10-20-15-5-4-13(19-2)9-14(15)16/h4-9H,3,10H2,1-2H3,(H,17,18). The number of nitrogens with one attached hydrogen (secondary N) is 1. The Morgan fingerprint density at radius 1 is 1.25 bits per heavy atom. The monoisotopic (exact) mass is 336 g/mol. The van der Waals surface area contributed by atoms with Crippen molar-refractivity contribution in [3.63, 3.8) is 0 Å². The summed E-state index contributed by atoms with van der Waals surface area (Å²) in [7, 11) is 1.64. The molecule has 1 aromatic heterocycles. The highest BCUT2D eigenvalue weighted by Gasteiger charge is 2.04. The number of pyridine rings is 1. The minimum Gasteiger partial charge on any atom is -0.497 e. The van der Waals surface area contributed by atoms with Crippen molar-refractivity contribution in [2.24, 2.45) is 0 Å². The minimum absolute atomic E-state index is 0.421. The summed E-state index contributed by atoms with van der Waals surface area (Å²) in [6, 6.07) is 9.54. The van der Waals surface area contributed by atoms with E-state index in [0.29, 0.717) is 6.61 Å². The highest BCUT2D eigenvalue weighted by atomic mass is 79.9. The highest BCUT2D eigenvalue weighted by Crippen LogP contribution is 2.29. The molecule has 0 aliphatic carbocycles. The van der Waals surface area contributed by atoms with Crippen molar-refractivity contribution in [3.8, 4) is 11.5 Å². The number of hydrogen-bond acceptors (Lipinski definition) is 4. The van der Waals surface area contributed by atoms with Crippen LogP contribution in [0.25, 0.3) is 0 Å². The number of anilines is 1. The lowest BCUT2D eigenvalue weighted by molar-refractivity contribution is 0.298. The van der Waals surface area contributed by atoms with Gasteiger partial charge >= 0.3 is 0 Å². The Kier molecular flexibility index (Phi) is 5.24. The van der Waals surface area contributed by atoms with Gasteiger partial charge in [-0.15, -0.1) is 0 Å². The predicted octanol–water partition coefficient (Wildman–Crippen LogP) is 3.86. The van der Waals surface area contributed by atoms with Gasteiger partial charge in [-0.25, -0.2) is 0 Å². The second kappa shape index (κ2) is 7.14. The zero-order valence-electron chi connectivity index (χ0n) is 11.5. The van der Waals surface area contributed by atoms with E-state index in [-0.39, 0.29) is 0 Å². The smallest absolute Gasteiger partial charge is 0.134 e. The Morgan fingerprint density at radius 2 is 2.10 bits per heavy atom. The lowest BCUT2D eigenvalue weighted by Crippen LogP contribution is -2.02. The van der Waals surface area contributed by atoms with Crippen LogP contribution in [0.4, 0.5) is 5.69 Å². The van der Waals surface area contributed by atoms with Crippen LogP contribution in [-0.2, 0) is 6.61 Å². The van der Waals surface area contributed by atoms with E-state index in [1.807, 2.05) is 30.3 Å². The molecule has 0 radical (unpaired) electrons. The number of rotatable bonds is 6. The molecule has 0 fully saturated rings. The zero-order chi connectivity index (χ0) is 14.4. The maximum atomic E-state index is 5.76. The summed E-state index contributed by atoms with van der Waals surface area (Å²) in [6.07, 6.45) is 1.78. The number of hydrogen-bond donors (Lipinski definition) is 1. The largest absolute Gasteiger partial charge is 0.497 e. The molecule has 1 heterocycles. The topological polar surface area (TPSA) is 43.4 Å². The zero-order valence-corrected chi connectivity index (χ0v) is 13.1. The predicted molar refractivity (Wildman–Crippen MR) is 83.4 cm³/mol. The number of aromatic nitrogens is 1. The molecule has 0 aliphatic rings. The van der Waals surface area contributed by atoms with Crippen LogP contribution in [0.3, 0.4) is 0 Å². The van der Waals surface area contributed by atoms with Gasteiger partial charge in [0.15, 0.2) is 0 Å². The lowest BCUT2D eigenvalue weighted by Gasteiger charge is -2.10. The summed E-state index contributed by atoms with van der Waals surface area (Å²) in [5.74, 6) is 1.55. The van der Waals surface area contributed by atoms with E-state index in [2.05, 4.69) is 33.2 Å². The Morgan fingerprint density at radius 3 is 2.80 bits per heavy atom. The molecule has 0 saturated carbocycles. The molecule has 0 amide bonds. The van der Waals surface area contributed by atoms with Crippen LogP contribution in [0.1, 0.15) is 12.6 Å². The number of benzene rings is 1. The molecule has 1 N–H and O–H groups in total. The maximum Gasteiger partial charge on any atom is 0.134 e. The highest BCUT2D eigenvalue weighted by molar-refractivity contribution is 9.10. The van der Waals surface area contributed by atoms with Crippen molar-refractivity contribution in [3.05, 3.63) is 46.7 Å². The molecule has 1 aromatic carbocycles. The van der Waals surface area contributed by atoms with E-state index in [4.69, 9.17) is 9.47 Å². The van der Waals surface area contributed by atoms with Crippen molar-refractivity contribution in [1.82, 2.24) is 4.98 Å². The first-order chi connectivity index (χ1) is 9.72. The number of ether oxygens (including phenoxy) is 2. The first kappa shape index (κ1) is 14.7. The molecule has 0 atom stereocenters. The van der Waals surface area contributed by atoms with Crippen molar-refractivity contribution in [2.75, 3.05) is 19.0 Å². The van der Waals surface area contributed by atoms with Crippen LogP contribution in [0, 0.1) is 0 Å². The van der Waals surface area contributed by atoms with E-state index in [1.54, 1.807) is 13.3 Å². The molecule has 0 saturated heterocycles. The molecular formula is C15H17BrN2O2. The molecule has 20 heavy (non-hydrogen) atoms. The third-order valence-electron chi connectivity index (χ3n) is 2.71. The molecule has 0 spiro atoms.